The molecule has 0 aliphatic carbocycles. The van der Waals surface area contributed by atoms with Gasteiger partial charge in [0.05, 0.1) is 21.9 Å². The van der Waals surface area contributed by atoms with E-state index < -0.39 is 22.3 Å². The number of nitrogens with one attached hydrogen (secondary N) is 1. The molecule has 6 nitrogen and oxygen atoms in total. The Kier molecular flexibility index (Phi) is 5.04. The molecule has 0 saturated carbocycles. The number of carbonyl (C=O) groups is 1. The summed E-state index contributed by atoms with van der Waals surface area (Å²) in [5.74, 6) is -1.48. The number of amides is 1. The normalized spacial score (nSPS) is 10.4. The van der Waals surface area contributed by atoms with Crippen LogP contribution >= 0.6 is 11.6 Å². The lowest BCUT2D eigenvalue weighted by molar-refractivity contribution is -0.385. The predicted molar refractivity (Wildman–Crippen MR) is 91.5 cm³/mol. The number of nitro benzene ring substituents is 1. The van der Waals surface area contributed by atoms with E-state index >= 15 is 0 Å². The van der Waals surface area contributed by atoms with Gasteiger partial charge in [-0.1, -0.05) is 11.6 Å². The van der Waals surface area contributed by atoms with Crippen molar-refractivity contribution in [3.05, 3.63) is 62.4 Å². The van der Waals surface area contributed by atoms with Gasteiger partial charge >= 0.3 is 0 Å². The van der Waals surface area contributed by atoms with Crippen LogP contribution in [0.2, 0.25) is 5.02 Å². The molecule has 8 heteroatoms. The molecule has 2 aromatic rings. The molecule has 1 N–H and O–H groups in total. The van der Waals surface area contributed by atoms with E-state index in [1.165, 1.54) is 6.92 Å². The molecular weight excluding hydrogens is 337 g/mol. The Labute approximate surface area is 143 Å². The molecule has 0 aromatic heterocycles. The fraction of sp³-hybridized carbons (Fsp3) is 0.188. The average Bonchev–Trinajstić information content (AvgIpc) is 2.49. The Bertz CT molecular complexity index is 824. The van der Waals surface area contributed by atoms with Gasteiger partial charge in [0.25, 0.3) is 11.6 Å². The topological polar surface area (TPSA) is 75.5 Å². The van der Waals surface area contributed by atoms with Crippen molar-refractivity contribution in [2.75, 3.05) is 24.3 Å². The molecule has 0 atom stereocenters. The van der Waals surface area contributed by atoms with Crippen LogP contribution in [0.15, 0.2) is 30.3 Å². The van der Waals surface area contributed by atoms with Crippen LogP contribution < -0.4 is 10.2 Å². The van der Waals surface area contributed by atoms with E-state index in [-0.39, 0.29) is 11.1 Å². The number of anilines is 2. The minimum atomic E-state index is -0.812. The third-order valence-corrected chi connectivity index (χ3v) is 3.70. The summed E-state index contributed by atoms with van der Waals surface area (Å²) < 4.78 is 13.9. The van der Waals surface area contributed by atoms with E-state index in [9.17, 15) is 19.3 Å². The first-order chi connectivity index (χ1) is 11.2. The van der Waals surface area contributed by atoms with Crippen molar-refractivity contribution >= 4 is 34.6 Å². The summed E-state index contributed by atoms with van der Waals surface area (Å²) in [7, 11) is 3.57. The fourth-order valence-electron chi connectivity index (χ4n) is 2.18. The first-order valence-electron chi connectivity index (χ1n) is 6.93. The standard InChI is InChI=1S/C16H15ClFN3O3/c1-9-12(18)6-10(7-15(9)21(23)24)16(22)19-13-8-11(17)4-5-14(13)20(2)3/h4-8H,1-3H3,(H,19,22). The molecule has 2 rings (SSSR count). The molecule has 0 radical (unpaired) electrons. The Hall–Kier alpha value is -2.67. The molecule has 1 amide bonds. The highest BCUT2D eigenvalue weighted by Crippen LogP contribution is 2.29. The van der Waals surface area contributed by atoms with Crippen LogP contribution in [0.5, 0.6) is 0 Å². The summed E-state index contributed by atoms with van der Waals surface area (Å²) in [6.07, 6.45) is 0. The lowest BCUT2D eigenvalue weighted by Gasteiger charge is -2.18. The minimum Gasteiger partial charge on any atom is -0.376 e. The van der Waals surface area contributed by atoms with Gasteiger partial charge in [-0.25, -0.2) is 4.39 Å². The van der Waals surface area contributed by atoms with Gasteiger partial charge in [0.1, 0.15) is 5.82 Å². The van der Waals surface area contributed by atoms with E-state index in [0.29, 0.717) is 16.4 Å². The molecule has 0 heterocycles. The van der Waals surface area contributed by atoms with Gasteiger partial charge < -0.3 is 10.2 Å². The fourth-order valence-corrected chi connectivity index (χ4v) is 2.35. The Balaban J connectivity index is 2.41. The molecule has 126 valence electrons. The van der Waals surface area contributed by atoms with Crippen LogP contribution in [0, 0.1) is 22.9 Å². The average molecular weight is 352 g/mol. The van der Waals surface area contributed by atoms with Crippen molar-refractivity contribution in [1.82, 2.24) is 0 Å². The van der Waals surface area contributed by atoms with Crippen LogP contribution in [0.1, 0.15) is 15.9 Å². The van der Waals surface area contributed by atoms with Crippen LogP contribution in [-0.4, -0.2) is 24.9 Å². The van der Waals surface area contributed by atoms with Crippen molar-refractivity contribution in [2.45, 2.75) is 6.92 Å². The Morgan fingerprint density at radius 1 is 1.29 bits per heavy atom. The Morgan fingerprint density at radius 3 is 2.54 bits per heavy atom. The summed E-state index contributed by atoms with van der Waals surface area (Å²) in [6, 6.07) is 6.96. The number of carbonyl (C=O) groups excluding carboxylic acids is 1. The maximum absolute atomic E-state index is 13.9. The molecule has 24 heavy (non-hydrogen) atoms. The second kappa shape index (κ2) is 6.84. The Morgan fingerprint density at radius 2 is 1.96 bits per heavy atom. The van der Waals surface area contributed by atoms with Crippen molar-refractivity contribution in [3.8, 4) is 0 Å². The van der Waals surface area contributed by atoms with Crippen LogP contribution in [0.25, 0.3) is 0 Å². The number of halogens is 2. The van der Waals surface area contributed by atoms with Crippen LogP contribution in [0.4, 0.5) is 21.5 Å². The largest absolute Gasteiger partial charge is 0.376 e. The maximum atomic E-state index is 13.9. The zero-order chi connectivity index (χ0) is 18.0. The molecule has 0 spiro atoms. The molecule has 0 fully saturated rings. The molecular formula is C16H15ClFN3O3. The second-order valence-corrected chi connectivity index (χ2v) is 5.81. The van der Waals surface area contributed by atoms with Crippen molar-refractivity contribution in [1.29, 1.82) is 0 Å². The van der Waals surface area contributed by atoms with E-state index in [1.807, 2.05) is 0 Å². The molecule has 0 aliphatic rings. The van der Waals surface area contributed by atoms with Gasteiger partial charge in [-0.2, -0.15) is 0 Å². The highest BCUT2D eigenvalue weighted by molar-refractivity contribution is 6.31. The number of rotatable bonds is 4. The van der Waals surface area contributed by atoms with E-state index in [4.69, 9.17) is 11.6 Å². The number of nitro groups is 1. The van der Waals surface area contributed by atoms with E-state index in [0.717, 1.165) is 12.1 Å². The number of hydrogen-bond acceptors (Lipinski definition) is 4. The van der Waals surface area contributed by atoms with Crippen molar-refractivity contribution in [3.63, 3.8) is 0 Å². The molecule has 0 bridgehead atoms. The zero-order valence-electron chi connectivity index (χ0n) is 13.3. The van der Waals surface area contributed by atoms with Gasteiger partial charge in [0, 0.05) is 30.7 Å². The molecule has 0 saturated heterocycles. The van der Waals surface area contributed by atoms with E-state index in [1.54, 1.807) is 37.2 Å². The van der Waals surface area contributed by atoms with Gasteiger partial charge in [-0.3, -0.25) is 14.9 Å². The lowest BCUT2D eigenvalue weighted by atomic mass is 10.1. The summed E-state index contributed by atoms with van der Waals surface area (Å²) in [6.45, 7) is 1.29. The van der Waals surface area contributed by atoms with Crippen LogP contribution in [0.3, 0.4) is 0 Å². The number of nitrogens with zero attached hydrogens (tertiary/aromatic N) is 2. The third kappa shape index (κ3) is 3.62. The molecule has 0 unspecified atom stereocenters. The highest BCUT2D eigenvalue weighted by Gasteiger charge is 2.20. The predicted octanol–water partition coefficient (Wildman–Crippen LogP) is 4.01. The SMILES string of the molecule is Cc1c(F)cc(C(=O)Nc2cc(Cl)ccc2N(C)C)cc1[N+](=O)[O-]. The summed E-state index contributed by atoms with van der Waals surface area (Å²) in [5.41, 5.74) is 0.401. The minimum absolute atomic E-state index is 0.117. The number of benzene rings is 2. The maximum Gasteiger partial charge on any atom is 0.276 e. The molecule has 0 aliphatic heterocycles. The first-order valence-corrected chi connectivity index (χ1v) is 7.31. The summed E-state index contributed by atoms with van der Waals surface area (Å²) in [5, 5.41) is 14.0. The van der Waals surface area contributed by atoms with Gasteiger partial charge in [0.2, 0.25) is 0 Å². The van der Waals surface area contributed by atoms with Gasteiger partial charge in [0.15, 0.2) is 0 Å². The summed E-state index contributed by atoms with van der Waals surface area (Å²) in [4.78, 5) is 24.4. The monoisotopic (exact) mass is 351 g/mol. The molecule has 2 aromatic carbocycles. The highest BCUT2D eigenvalue weighted by atomic mass is 35.5. The third-order valence-electron chi connectivity index (χ3n) is 3.46. The quantitative estimate of drug-likeness (QED) is 0.667. The second-order valence-electron chi connectivity index (χ2n) is 5.37. The number of hydrogen-bond donors (Lipinski definition) is 1. The zero-order valence-corrected chi connectivity index (χ0v) is 14.0. The smallest absolute Gasteiger partial charge is 0.276 e. The van der Waals surface area contributed by atoms with Gasteiger partial charge in [-0.15, -0.1) is 0 Å². The lowest BCUT2D eigenvalue weighted by Crippen LogP contribution is -2.17. The van der Waals surface area contributed by atoms with Crippen molar-refractivity contribution < 1.29 is 14.1 Å². The first kappa shape index (κ1) is 17.7. The summed E-state index contributed by atoms with van der Waals surface area (Å²) >= 11 is 5.94. The van der Waals surface area contributed by atoms with Crippen LogP contribution in [-0.2, 0) is 0 Å². The van der Waals surface area contributed by atoms with E-state index in [2.05, 4.69) is 5.32 Å². The van der Waals surface area contributed by atoms with Gasteiger partial charge in [-0.05, 0) is 31.2 Å². The van der Waals surface area contributed by atoms with Crippen molar-refractivity contribution in [2.24, 2.45) is 0 Å².